The maximum atomic E-state index is 11.3. The van der Waals surface area contributed by atoms with Gasteiger partial charge in [0.1, 0.15) is 0 Å². The molecule has 0 N–H and O–H groups in total. The molecule has 0 aromatic carbocycles. The molecule has 62 valence electrons. The van der Waals surface area contributed by atoms with Gasteiger partial charge < -0.3 is 4.90 Å². The Morgan fingerprint density at radius 2 is 2.18 bits per heavy atom. The minimum atomic E-state index is -0.0642. The molecule has 1 aliphatic rings. The number of hydrogen-bond acceptors (Lipinski definition) is 1. The first kappa shape index (κ1) is 8.11. The van der Waals surface area contributed by atoms with Crippen LogP contribution >= 0.6 is 0 Å². The van der Waals surface area contributed by atoms with Crippen LogP contribution in [0.1, 0.15) is 13.8 Å². The molecule has 1 fully saturated rings. The van der Waals surface area contributed by atoms with Crippen molar-refractivity contribution in [2.24, 2.45) is 0 Å². The maximum absolute atomic E-state index is 11.3. The quantitative estimate of drug-likeness (QED) is 0.558. The highest BCUT2D eigenvalue weighted by Gasteiger charge is 2.39. The lowest BCUT2D eigenvalue weighted by atomic mass is 10.1. The zero-order valence-corrected chi connectivity index (χ0v) is 7.29. The summed E-state index contributed by atoms with van der Waals surface area (Å²) in [6, 6.07) is 0.0324. The number of amides is 2. The van der Waals surface area contributed by atoms with E-state index in [0.717, 1.165) is 6.54 Å². The van der Waals surface area contributed by atoms with E-state index in [1.54, 1.807) is 16.0 Å². The molecule has 0 unspecified atom stereocenters. The van der Waals surface area contributed by atoms with Crippen LogP contribution < -0.4 is 0 Å². The van der Waals surface area contributed by atoms with Crippen LogP contribution in [-0.4, -0.2) is 35.0 Å². The average molecular weight is 154 g/mol. The van der Waals surface area contributed by atoms with E-state index in [4.69, 9.17) is 0 Å². The Kier molecular flexibility index (Phi) is 1.66. The van der Waals surface area contributed by atoms with E-state index in [9.17, 15) is 4.79 Å². The summed E-state index contributed by atoms with van der Waals surface area (Å²) < 4.78 is 0. The second-order valence-corrected chi connectivity index (χ2v) is 3.46. The van der Waals surface area contributed by atoms with Crippen LogP contribution in [0.15, 0.2) is 12.8 Å². The highest BCUT2D eigenvalue weighted by Crippen LogP contribution is 2.23. The lowest BCUT2D eigenvalue weighted by Gasteiger charge is -2.24. The molecule has 3 nitrogen and oxygen atoms in total. The normalized spacial score (nSPS) is 22.6. The zero-order chi connectivity index (χ0) is 8.65. The third-order valence-corrected chi connectivity index (χ3v) is 2.22. The van der Waals surface area contributed by atoms with Crippen LogP contribution in [0, 0.1) is 0 Å². The van der Waals surface area contributed by atoms with E-state index in [2.05, 4.69) is 6.58 Å². The number of carbonyl (C=O) groups is 1. The smallest absolute Gasteiger partial charge is 0.321 e. The fourth-order valence-corrected chi connectivity index (χ4v) is 1.18. The highest BCUT2D eigenvalue weighted by atomic mass is 16.2. The second-order valence-electron chi connectivity index (χ2n) is 3.46. The van der Waals surface area contributed by atoms with Crippen LogP contribution in [0.25, 0.3) is 0 Å². The van der Waals surface area contributed by atoms with Gasteiger partial charge in [0.2, 0.25) is 0 Å². The molecule has 11 heavy (non-hydrogen) atoms. The minimum Gasteiger partial charge on any atom is -0.321 e. The van der Waals surface area contributed by atoms with Gasteiger partial charge in [0.15, 0.2) is 0 Å². The Balaban J connectivity index is 2.85. The van der Waals surface area contributed by atoms with E-state index < -0.39 is 0 Å². The van der Waals surface area contributed by atoms with Crippen LogP contribution in [0.5, 0.6) is 0 Å². The minimum absolute atomic E-state index is 0.0324. The van der Waals surface area contributed by atoms with Crippen molar-refractivity contribution in [3.05, 3.63) is 12.8 Å². The molecule has 3 heteroatoms. The zero-order valence-electron chi connectivity index (χ0n) is 7.29. The number of hydrogen-bond donors (Lipinski definition) is 0. The largest absolute Gasteiger partial charge is 0.324 e. The Hall–Kier alpha value is -0.990. The summed E-state index contributed by atoms with van der Waals surface area (Å²) in [5, 5.41) is 0. The van der Waals surface area contributed by atoms with Gasteiger partial charge in [0.05, 0.1) is 5.54 Å². The van der Waals surface area contributed by atoms with Gasteiger partial charge >= 0.3 is 6.03 Å². The summed E-state index contributed by atoms with van der Waals surface area (Å²) >= 11 is 0. The lowest BCUT2D eigenvalue weighted by molar-refractivity contribution is 0.192. The van der Waals surface area contributed by atoms with E-state index in [-0.39, 0.29) is 11.6 Å². The molecule has 0 atom stereocenters. The third-order valence-electron chi connectivity index (χ3n) is 2.22. The molecule has 1 aliphatic heterocycles. The lowest BCUT2D eigenvalue weighted by Crippen LogP contribution is -2.38. The topological polar surface area (TPSA) is 23.6 Å². The summed E-state index contributed by atoms with van der Waals surface area (Å²) in [6.45, 7) is 8.37. The molecule has 0 saturated carbocycles. The molecule has 1 heterocycles. The monoisotopic (exact) mass is 154 g/mol. The maximum Gasteiger partial charge on any atom is 0.324 e. The van der Waals surface area contributed by atoms with Gasteiger partial charge in [-0.25, -0.2) is 4.79 Å². The van der Waals surface area contributed by atoms with E-state index in [1.807, 2.05) is 20.9 Å². The van der Waals surface area contributed by atoms with E-state index in [1.165, 1.54) is 0 Å². The van der Waals surface area contributed by atoms with Crippen molar-refractivity contribution in [1.29, 1.82) is 0 Å². The van der Waals surface area contributed by atoms with Gasteiger partial charge in [-0.15, -0.1) is 0 Å². The predicted molar refractivity (Wildman–Crippen MR) is 44.1 cm³/mol. The van der Waals surface area contributed by atoms with Crippen LogP contribution in [0.4, 0.5) is 4.79 Å². The van der Waals surface area contributed by atoms with Crippen molar-refractivity contribution < 1.29 is 4.79 Å². The van der Waals surface area contributed by atoms with Crippen LogP contribution in [0.2, 0.25) is 0 Å². The first-order valence-electron chi connectivity index (χ1n) is 3.66. The standard InChI is InChI=1S/C8H14N2O/c1-5-10-6-8(2,3)9(4)7(10)11/h5H,1,6H2,2-4H3. The number of urea groups is 1. The molecule has 0 spiro atoms. The molecule has 1 saturated heterocycles. The van der Waals surface area contributed by atoms with Crippen LogP contribution in [0.3, 0.4) is 0 Å². The van der Waals surface area contributed by atoms with Crippen molar-refractivity contribution in [3.8, 4) is 0 Å². The fourth-order valence-electron chi connectivity index (χ4n) is 1.18. The van der Waals surface area contributed by atoms with Gasteiger partial charge in [-0.3, -0.25) is 4.90 Å². The van der Waals surface area contributed by atoms with Gasteiger partial charge in [-0.1, -0.05) is 6.58 Å². The number of carbonyl (C=O) groups excluding carboxylic acids is 1. The predicted octanol–water partition coefficient (Wildman–Crippen LogP) is 1.28. The molecule has 0 aromatic rings. The number of nitrogens with zero attached hydrogens (tertiary/aromatic N) is 2. The highest BCUT2D eigenvalue weighted by molar-refractivity contribution is 5.78. The average Bonchev–Trinajstić information content (AvgIpc) is 2.13. The van der Waals surface area contributed by atoms with Gasteiger partial charge in [-0.05, 0) is 13.8 Å². The molecule has 0 aliphatic carbocycles. The van der Waals surface area contributed by atoms with Crippen LogP contribution in [-0.2, 0) is 0 Å². The Morgan fingerprint density at radius 1 is 1.64 bits per heavy atom. The molecule has 0 aromatic heterocycles. The van der Waals surface area contributed by atoms with E-state index >= 15 is 0 Å². The Bertz CT molecular complexity index is 198. The van der Waals surface area contributed by atoms with Gasteiger partial charge in [-0.2, -0.15) is 0 Å². The first-order chi connectivity index (χ1) is 4.99. The molecule has 1 rings (SSSR count). The van der Waals surface area contributed by atoms with Crippen molar-refractivity contribution in [2.45, 2.75) is 19.4 Å². The second kappa shape index (κ2) is 2.26. The summed E-state index contributed by atoms with van der Waals surface area (Å²) in [7, 11) is 1.81. The summed E-state index contributed by atoms with van der Waals surface area (Å²) in [4.78, 5) is 14.7. The summed E-state index contributed by atoms with van der Waals surface area (Å²) in [5.41, 5.74) is -0.0642. The molecular weight excluding hydrogens is 140 g/mol. The molecule has 0 bridgehead atoms. The number of rotatable bonds is 1. The Labute approximate surface area is 67.3 Å². The SMILES string of the molecule is C=CN1CC(C)(C)N(C)C1=O. The van der Waals surface area contributed by atoms with Crippen molar-refractivity contribution >= 4 is 6.03 Å². The third kappa shape index (κ3) is 1.11. The summed E-state index contributed by atoms with van der Waals surface area (Å²) in [5.74, 6) is 0. The molecule has 2 amide bonds. The fraction of sp³-hybridized carbons (Fsp3) is 0.625. The summed E-state index contributed by atoms with van der Waals surface area (Å²) in [6.07, 6.45) is 1.58. The Morgan fingerprint density at radius 3 is 2.36 bits per heavy atom. The van der Waals surface area contributed by atoms with Crippen molar-refractivity contribution in [2.75, 3.05) is 13.6 Å². The van der Waals surface area contributed by atoms with Crippen molar-refractivity contribution in [1.82, 2.24) is 9.80 Å². The number of likely N-dealkylation sites (N-methyl/N-ethyl adjacent to an activating group) is 1. The van der Waals surface area contributed by atoms with Gasteiger partial charge in [0, 0.05) is 19.8 Å². The van der Waals surface area contributed by atoms with Gasteiger partial charge in [0.25, 0.3) is 0 Å². The van der Waals surface area contributed by atoms with E-state index in [0.29, 0.717) is 0 Å². The first-order valence-corrected chi connectivity index (χ1v) is 3.66. The van der Waals surface area contributed by atoms with Crippen molar-refractivity contribution in [3.63, 3.8) is 0 Å². The molecular formula is C8H14N2O. The molecule has 0 radical (unpaired) electrons.